The van der Waals surface area contributed by atoms with Crippen LogP contribution in [0.25, 0.3) is 0 Å². The minimum Gasteiger partial charge on any atom is -0.348 e. The zero-order chi connectivity index (χ0) is 12.3. The number of halogens is 1. The van der Waals surface area contributed by atoms with Crippen molar-refractivity contribution in [1.29, 1.82) is 0 Å². The molecule has 0 aromatic heterocycles. The number of thioether (sulfide) groups is 1. The van der Waals surface area contributed by atoms with Crippen LogP contribution in [0.3, 0.4) is 0 Å². The zero-order valence-corrected chi connectivity index (χ0v) is 12.2. The van der Waals surface area contributed by atoms with Gasteiger partial charge in [-0.3, -0.25) is 4.79 Å². The maximum absolute atomic E-state index is 12.1. The topological polar surface area (TPSA) is 29.1 Å². The smallest absolute Gasteiger partial charge is 0.251 e. The number of carbonyl (C=O) groups excluding carboxylic acids is 1. The van der Waals surface area contributed by atoms with Gasteiger partial charge >= 0.3 is 0 Å². The van der Waals surface area contributed by atoms with Crippen LogP contribution in [0.1, 0.15) is 28.8 Å². The number of benzene rings is 1. The fourth-order valence-electron chi connectivity index (χ4n) is 1.96. The molecule has 1 aromatic rings. The summed E-state index contributed by atoms with van der Waals surface area (Å²) in [7, 11) is 0. The van der Waals surface area contributed by atoms with E-state index < -0.39 is 0 Å². The Bertz CT molecular complexity index is 416. The summed E-state index contributed by atoms with van der Waals surface area (Å²) >= 11 is 5.33. The van der Waals surface area contributed by atoms with Gasteiger partial charge in [0, 0.05) is 21.8 Å². The van der Waals surface area contributed by atoms with Gasteiger partial charge in [-0.25, -0.2) is 0 Å². The Balaban J connectivity index is 2.05. The number of hydrogen-bond acceptors (Lipinski definition) is 2. The van der Waals surface area contributed by atoms with Crippen molar-refractivity contribution >= 4 is 33.6 Å². The molecule has 1 heterocycles. The molecular formula is C13H16BrNOS. The lowest BCUT2D eigenvalue weighted by atomic mass is 10.1. The molecule has 2 rings (SSSR count). The lowest BCUT2D eigenvalue weighted by Gasteiger charge is -2.22. The van der Waals surface area contributed by atoms with Crippen molar-refractivity contribution in [3.05, 3.63) is 33.8 Å². The lowest BCUT2D eigenvalue weighted by Crippen LogP contribution is -2.38. The maximum Gasteiger partial charge on any atom is 0.251 e. The number of carbonyl (C=O) groups is 1. The molecule has 1 atom stereocenters. The average molecular weight is 314 g/mol. The molecule has 1 aliphatic heterocycles. The van der Waals surface area contributed by atoms with Gasteiger partial charge < -0.3 is 5.32 Å². The summed E-state index contributed by atoms with van der Waals surface area (Å²) in [6.07, 6.45) is 2.30. The Kier molecular flexibility index (Phi) is 4.51. The first-order valence-electron chi connectivity index (χ1n) is 5.81. The molecule has 0 radical (unpaired) electrons. The van der Waals surface area contributed by atoms with Crippen molar-refractivity contribution in [1.82, 2.24) is 5.32 Å². The van der Waals surface area contributed by atoms with E-state index in [4.69, 9.17) is 0 Å². The van der Waals surface area contributed by atoms with Gasteiger partial charge in [-0.2, -0.15) is 11.8 Å². The summed E-state index contributed by atoms with van der Waals surface area (Å²) in [5.41, 5.74) is 1.80. The molecule has 1 fully saturated rings. The molecule has 0 bridgehead atoms. The van der Waals surface area contributed by atoms with Gasteiger partial charge in [0.1, 0.15) is 0 Å². The summed E-state index contributed by atoms with van der Waals surface area (Å²) in [5, 5.41) is 3.12. The van der Waals surface area contributed by atoms with Gasteiger partial charge in [0.05, 0.1) is 0 Å². The van der Waals surface area contributed by atoms with Crippen LogP contribution in [-0.2, 0) is 0 Å². The number of amides is 1. The lowest BCUT2D eigenvalue weighted by molar-refractivity contribution is 0.0938. The summed E-state index contributed by atoms with van der Waals surface area (Å²) in [6.45, 7) is 1.97. The molecule has 1 amide bonds. The standard InChI is InChI=1S/C13H16BrNOS/c1-9-4-5-10(14)7-12(9)13(16)15-11-3-2-6-17-8-11/h4-5,7,11H,2-3,6,8H2,1H3,(H,15,16). The molecule has 1 aromatic carbocycles. The van der Waals surface area contributed by atoms with Crippen molar-refractivity contribution in [3.63, 3.8) is 0 Å². The molecule has 1 saturated heterocycles. The second kappa shape index (κ2) is 5.91. The van der Waals surface area contributed by atoms with Crippen LogP contribution < -0.4 is 5.32 Å². The van der Waals surface area contributed by atoms with E-state index in [1.807, 2.05) is 36.9 Å². The molecule has 0 spiro atoms. The van der Waals surface area contributed by atoms with E-state index in [-0.39, 0.29) is 5.91 Å². The fourth-order valence-corrected chi connectivity index (χ4v) is 3.39. The van der Waals surface area contributed by atoms with Crippen molar-refractivity contribution in [2.24, 2.45) is 0 Å². The Morgan fingerprint density at radius 2 is 2.35 bits per heavy atom. The number of aryl methyl sites for hydroxylation is 1. The Hall–Kier alpha value is -0.480. The van der Waals surface area contributed by atoms with Crippen LogP contribution >= 0.6 is 27.7 Å². The number of rotatable bonds is 2. The van der Waals surface area contributed by atoms with Crippen molar-refractivity contribution in [3.8, 4) is 0 Å². The summed E-state index contributed by atoms with van der Waals surface area (Å²) < 4.78 is 0.950. The van der Waals surface area contributed by atoms with Crippen LogP contribution in [-0.4, -0.2) is 23.5 Å². The van der Waals surface area contributed by atoms with Gasteiger partial charge in [0.25, 0.3) is 5.91 Å². The molecule has 2 nitrogen and oxygen atoms in total. The van der Waals surface area contributed by atoms with Crippen LogP contribution in [0.4, 0.5) is 0 Å². The highest BCUT2D eigenvalue weighted by Gasteiger charge is 2.17. The summed E-state index contributed by atoms with van der Waals surface area (Å²) in [4.78, 5) is 12.1. The SMILES string of the molecule is Cc1ccc(Br)cc1C(=O)NC1CCCSC1. The first-order chi connectivity index (χ1) is 8.16. The zero-order valence-electron chi connectivity index (χ0n) is 9.83. The monoisotopic (exact) mass is 313 g/mol. The van der Waals surface area contributed by atoms with Crippen molar-refractivity contribution < 1.29 is 4.79 Å². The first-order valence-corrected chi connectivity index (χ1v) is 7.76. The van der Waals surface area contributed by atoms with E-state index in [1.165, 1.54) is 12.2 Å². The normalized spacial score (nSPS) is 20.0. The van der Waals surface area contributed by atoms with Crippen LogP contribution in [0.15, 0.2) is 22.7 Å². The molecular weight excluding hydrogens is 298 g/mol. The molecule has 92 valence electrons. The Morgan fingerprint density at radius 3 is 3.06 bits per heavy atom. The number of hydrogen-bond donors (Lipinski definition) is 1. The highest BCUT2D eigenvalue weighted by atomic mass is 79.9. The van der Waals surface area contributed by atoms with Crippen LogP contribution in [0, 0.1) is 6.92 Å². The average Bonchev–Trinajstić information content (AvgIpc) is 2.33. The van der Waals surface area contributed by atoms with E-state index in [0.29, 0.717) is 6.04 Å². The van der Waals surface area contributed by atoms with E-state index in [1.54, 1.807) is 0 Å². The third kappa shape index (κ3) is 3.49. The highest BCUT2D eigenvalue weighted by Crippen LogP contribution is 2.19. The van der Waals surface area contributed by atoms with E-state index >= 15 is 0 Å². The predicted octanol–water partition coefficient (Wildman–Crippen LogP) is 3.38. The molecule has 1 aliphatic rings. The molecule has 1 N–H and O–H groups in total. The van der Waals surface area contributed by atoms with Crippen molar-refractivity contribution in [2.45, 2.75) is 25.8 Å². The molecule has 0 saturated carbocycles. The van der Waals surface area contributed by atoms with Gasteiger partial charge in [-0.15, -0.1) is 0 Å². The molecule has 4 heteroatoms. The van der Waals surface area contributed by atoms with Crippen LogP contribution in [0.2, 0.25) is 0 Å². The van der Waals surface area contributed by atoms with Crippen LogP contribution in [0.5, 0.6) is 0 Å². The van der Waals surface area contributed by atoms with Gasteiger partial charge in [-0.1, -0.05) is 22.0 Å². The second-order valence-corrected chi connectivity index (χ2v) is 6.41. The third-order valence-electron chi connectivity index (χ3n) is 2.94. The largest absolute Gasteiger partial charge is 0.348 e. The van der Waals surface area contributed by atoms with Gasteiger partial charge in [0.15, 0.2) is 0 Å². The highest BCUT2D eigenvalue weighted by molar-refractivity contribution is 9.10. The Morgan fingerprint density at radius 1 is 1.53 bits per heavy atom. The fraction of sp³-hybridized carbons (Fsp3) is 0.462. The predicted molar refractivity (Wildman–Crippen MR) is 76.7 cm³/mol. The molecule has 0 aliphatic carbocycles. The number of nitrogens with one attached hydrogen (secondary N) is 1. The van der Waals surface area contributed by atoms with E-state index in [0.717, 1.165) is 27.8 Å². The third-order valence-corrected chi connectivity index (χ3v) is 4.65. The second-order valence-electron chi connectivity index (χ2n) is 4.35. The Labute approximate surface area is 115 Å². The maximum atomic E-state index is 12.1. The van der Waals surface area contributed by atoms with Crippen molar-refractivity contribution in [2.75, 3.05) is 11.5 Å². The van der Waals surface area contributed by atoms with Gasteiger partial charge in [0.2, 0.25) is 0 Å². The van der Waals surface area contributed by atoms with E-state index in [9.17, 15) is 4.79 Å². The summed E-state index contributed by atoms with van der Waals surface area (Å²) in [5.74, 6) is 2.32. The molecule has 1 unspecified atom stereocenters. The first kappa shape index (κ1) is 13.0. The quantitative estimate of drug-likeness (QED) is 0.907. The van der Waals surface area contributed by atoms with Gasteiger partial charge in [-0.05, 0) is 43.2 Å². The molecule has 17 heavy (non-hydrogen) atoms. The summed E-state index contributed by atoms with van der Waals surface area (Å²) in [6, 6.07) is 6.15. The minimum atomic E-state index is 0.0521. The van der Waals surface area contributed by atoms with E-state index in [2.05, 4.69) is 21.2 Å². The minimum absolute atomic E-state index is 0.0521.